The first-order valence-electron chi connectivity index (χ1n) is 4.11. The van der Waals surface area contributed by atoms with Gasteiger partial charge in [0.25, 0.3) is 0 Å². The molecule has 0 atom stereocenters. The fourth-order valence-electron chi connectivity index (χ4n) is 1.20. The second-order valence-corrected chi connectivity index (χ2v) is 3.36. The maximum atomic E-state index is 13.5. The number of aromatic nitrogens is 3. The van der Waals surface area contributed by atoms with E-state index in [1.165, 1.54) is 17.8 Å². The lowest BCUT2D eigenvalue weighted by Crippen LogP contribution is -1.99. The first-order valence-corrected chi connectivity index (χ1v) is 4.49. The summed E-state index contributed by atoms with van der Waals surface area (Å²) in [6.45, 7) is 1.48. The minimum Gasteiger partial charge on any atom is -0.269 e. The lowest BCUT2D eigenvalue weighted by Gasteiger charge is -2.05. The summed E-state index contributed by atoms with van der Waals surface area (Å²) in [5.74, 6) is -1.08. The molecule has 3 nitrogen and oxygen atoms in total. The first-order chi connectivity index (χ1) is 7.09. The molecule has 1 heterocycles. The summed E-state index contributed by atoms with van der Waals surface area (Å²) in [4.78, 5) is 0. The van der Waals surface area contributed by atoms with E-state index >= 15 is 0 Å². The van der Waals surface area contributed by atoms with Crippen LogP contribution in [-0.2, 0) is 0 Å². The van der Waals surface area contributed by atoms with Gasteiger partial charge in [0.2, 0.25) is 5.28 Å². The average Bonchev–Trinajstić information content (AvgIpc) is 2.58. The maximum Gasteiger partial charge on any atom is 0.229 e. The molecule has 0 aliphatic heterocycles. The van der Waals surface area contributed by atoms with Crippen LogP contribution >= 0.6 is 11.6 Å². The monoisotopic (exact) mass is 229 g/mol. The molecule has 78 valence electrons. The van der Waals surface area contributed by atoms with Crippen LogP contribution in [0.2, 0.25) is 5.28 Å². The van der Waals surface area contributed by atoms with Gasteiger partial charge in [-0.1, -0.05) is 0 Å². The summed E-state index contributed by atoms with van der Waals surface area (Å²) in [6.07, 6.45) is 1.22. The molecule has 2 aromatic rings. The van der Waals surface area contributed by atoms with Crippen LogP contribution in [0.25, 0.3) is 5.69 Å². The molecular formula is C9H6ClF2N3. The summed E-state index contributed by atoms with van der Waals surface area (Å²) in [6, 6.07) is 2.15. The van der Waals surface area contributed by atoms with Gasteiger partial charge in [0.05, 0.1) is 5.69 Å². The number of rotatable bonds is 1. The molecule has 0 spiro atoms. The molecule has 2 rings (SSSR count). The van der Waals surface area contributed by atoms with E-state index in [1.54, 1.807) is 0 Å². The van der Waals surface area contributed by atoms with Crippen molar-refractivity contribution in [2.75, 3.05) is 0 Å². The molecule has 6 heteroatoms. The number of hydrogen-bond acceptors (Lipinski definition) is 2. The van der Waals surface area contributed by atoms with Crippen LogP contribution < -0.4 is 0 Å². The third-order valence-electron chi connectivity index (χ3n) is 1.99. The molecule has 15 heavy (non-hydrogen) atoms. The summed E-state index contributed by atoms with van der Waals surface area (Å²) >= 11 is 5.64. The van der Waals surface area contributed by atoms with Gasteiger partial charge in [0.1, 0.15) is 18.0 Å². The Kier molecular flexibility index (Phi) is 2.40. The van der Waals surface area contributed by atoms with Crippen LogP contribution in [0.3, 0.4) is 0 Å². The van der Waals surface area contributed by atoms with E-state index in [4.69, 9.17) is 11.6 Å². The molecule has 0 unspecified atom stereocenters. The van der Waals surface area contributed by atoms with Crippen molar-refractivity contribution in [2.45, 2.75) is 6.92 Å². The molecule has 0 fully saturated rings. The van der Waals surface area contributed by atoms with Gasteiger partial charge in [-0.15, -0.1) is 10.2 Å². The smallest absolute Gasteiger partial charge is 0.229 e. The summed E-state index contributed by atoms with van der Waals surface area (Å²) < 4.78 is 27.9. The summed E-state index contributed by atoms with van der Waals surface area (Å²) in [5.41, 5.74) is 0.230. The second-order valence-electron chi connectivity index (χ2n) is 3.02. The van der Waals surface area contributed by atoms with E-state index < -0.39 is 11.6 Å². The van der Waals surface area contributed by atoms with Crippen molar-refractivity contribution in [3.63, 3.8) is 0 Å². The zero-order valence-corrected chi connectivity index (χ0v) is 8.46. The zero-order valence-electron chi connectivity index (χ0n) is 7.71. The van der Waals surface area contributed by atoms with Gasteiger partial charge in [0.15, 0.2) is 0 Å². The minimum absolute atomic E-state index is 0.00639. The number of nitrogens with zero attached hydrogens (tertiary/aromatic N) is 3. The van der Waals surface area contributed by atoms with E-state index in [2.05, 4.69) is 10.2 Å². The highest BCUT2D eigenvalue weighted by Crippen LogP contribution is 2.20. The Hall–Kier alpha value is -1.49. The van der Waals surface area contributed by atoms with Crippen molar-refractivity contribution in [3.8, 4) is 5.69 Å². The van der Waals surface area contributed by atoms with Crippen LogP contribution in [0.4, 0.5) is 8.78 Å². The van der Waals surface area contributed by atoms with Crippen LogP contribution in [0.1, 0.15) is 5.56 Å². The van der Waals surface area contributed by atoms with Gasteiger partial charge in [-0.3, -0.25) is 4.57 Å². The molecule has 1 aromatic carbocycles. The van der Waals surface area contributed by atoms with Gasteiger partial charge in [-0.2, -0.15) is 0 Å². The molecule has 0 aliphatic rings. The molecule has 0 aliphatic carbocycles. The Labute approximate surface area is 89.3 Å². The van der Waals surface area contributed by atoms with E-state index in [0.29, 0.717) is 0 Å². The Bertz CT molecular complexity index is 510. The Morgan fingerprint density at radius 3 is 2.60 bits per heavy atom. The molecule has 0 saturated heterocycles. The molecule has 0 N–H and O–H groups in total. The van der Waals surface area contributed by atoms with Gasteiger partial charge >= 0.3 is 0 Å². The van der Waals surface area contributed by atoms with Gasteiger partial charge in [-0.25, -0.2) is 8.78 Å². The van der Waals surface area contributed by atoms with Gasteiger partial charge < -0.3 is 0 Å². The predicted molar refractivity (Wildman–Crippen MR) is 51.0 cm³/mol. The fourth-order valence-corrected chi connectivity index (χ4v) is 1.38. The SMILES string of the molecule is Cc1cc(F)c(-n2cnnc2Cl)cc1F. The summed E-state index contributed by atoms with van der Waals surface area (Å²) in [7, 11) is 0. The number of hydrogen-bond donors (Lipinski definition) is 0. The second kappa shape index (κ2) is 3.58. The quantitative estimate of drug-likeness (QED) is 0.752. The number of benzene rings is 1. The molecule has 1 aromatic heterocycles. The molecule has 0 amide bonds. The van der Waals surface area contributed by atoms with E-state index in [9.17, 15) is 8.78 Å². The highest BCUT2D eigenvalue weighted by atomic mass is 35.5. The zero-order chi connectivity index (χ0) is 11.0. The molecule has 0 bridgehead atoms. The fraction of sp³-hybridized carbons (Fsp3) is 0.111. The van der Waals surface area contributed by atoms with Crippen molar-refractivity contribution in [1.82, 2.24) is 14.8 Å². The van der Waals surface area contributed by atoms with E-state index in [0.717, 1.165) is 12.1 Å². The summed E-state index contributed by atoms with van der Waals surface area (Å²) in [5, 5.41) is 6.94. The predicted octanol–water partition coefficient (Wildman–Crippen LogP) is 2.51. The van der Waals surface area contributed by atoms with Crippen molar-refractivity contribution in [1.29, 1.82) is 0 Å². The van der Waals surface area contributed by atoms with E-state index in [1.807, 2.05) is 0 Å². The third-order valence-corrected chi connectivity index (χ3v) is 2.25. The number of halogens is 3. The average molecular weight is 230 g/mol. The maximum absolute atomic E-state index is 13.5. The minimum atomic E-state index is -0.574. The highest BCUT2D eigenvalue weighted by Gasteiger charge is 2.11. The lowest BCUT2D eigenvalue weighted by atomic mass is 10.2. The Balaban J connectivity index is 2.64. The molecule has 0 saturated carbocycles. The van der Waals surface area contributed by atoms with Crippen LogP contribution in [0.5, 0.6) is 0 Å². The highest BCUT2D eigenvalue weighted by molar-refractivity contribution is 6.28. The molecular weight excluding hydrogens is 224 g/mol. The van der Waals surface area contributed by atoms with Crippen molar-refractivity contribution in [3.05, 3.63) is 40.9 Å². The van der Waals surface area contributed by atoms with Crippen molar-refractivity contribution in [2.24, 2.45) is 0 Å². The third kappa shape index (κ3) is 1.70. The standard InChI is InChI=1S/C9H6ClF2N3/c1-5-2-7(12)8(3-6(5)11)15-4-13-14-9(15)10/h2-4H,1H3. The normalized spacial score (nSPS) is 10.7. The van der Waals surface area contributed by atoms with Crippen molar-refractivity contribution < 1.29 is 8.78 Å². The Morgan fingerprint density at radius 2 is 2.00 bits per heavy atom. The van der Waals surface area contributed by atoms with Gasteiger partial charge in [0, 0.05) is 6.07 Å². The topological polar surface area (TPSA) is 30.7 Å². The van der Waals surface area contributed by atoms with Crippen LogP contribution in [0, 0.1) is 18.6 Å². The van der Waals surface area contributed by atoms with Crippen LogP contribution in [0.15, 0.2) is 18.5 Å². The lowest BCUT2D eigenvalue weighted by molar-refractivity contribution is 0.585. The number of aryl methyl sites for hydroxylation is 1. The van der Waals surface area contributed by atoms with Gasteiger partial charge in [-0.05, 0) is 30.2 Å². The van der Waals surface area contributed by atoms with E-state index in [-0.39, 0.29) is 16.5 Å². The van der Waals surface area contributed by atoms with Crippen molar-refractivity contribution >= 4 is 11.6 Å². The molecule has 0 radical (unpaired) electrons. The van der Waals surface area contributed by atoms with Crippen LogP contribution in [-0.4, -0.2) is 14.8 Å². The largest absolute Gasteiger partial charge is 0.269 e. The Morgan fingerprint density at radius 1 is 1.27 bits per heavy atom. The first kappa shape index (κ1) is 10.0.